The van der Waals surface area contributed by atoms with E-state index in [2.05, 4.69) is 31.2 Å². The first-order chi connectivity index (χ1) is 5.76. The van der Waals surface area contributed by atoms with Gasteiger partial charge in [-0.3, -0.25) is 0 Å². The summed E-state index contributed by atoms with van der Waals surface area (Å²) in [5, 5.41) is 9.85. The summed E-state index contributed by atoms with van der Waals surface area (Å²) in [4.78, 5) is 0. The lowest BCUT2D eigenvalue weighted by molar-refractivity contribution is 0.112. The highest BCUT2D eigenvalue weighted by molar-refractivity contribution is 8.00. The van der Waals surface area contributed by atoms with E-state index < -0.39 is 0 Å². The van der Waals surface area contributed by atoms with Crippen LogP contribution in [-0.2, 0) is 0 Å². The number of aliphatic hydroxyl groups is 1. The van der Waals surface area contributed by atoms with Crippen molar-refractivity contribution in [2.24, 2.45) is 11.3 Å². The second kappa shape index (κ2) is 2.93. The van der Waals surface area contributed by atoms with Gasteiger partial charge < -0.3 is 5.11 Å². The van der Waals surface area contributed by atoms with E-state index >= 15 is 0 Å². The highest BCUT2D eigenvalue weighted by Crippen LogP contribution is 2.50. The van der Waals surface area contributed by atoms with Gasteiger partial charge in [0.25, 0.3) is 0 Å². The lowest BCUT2D eigenvalue weighted by Gasteiger charge is -2.33. The Hall–Kier alpha value is -0.210. The average molecular weight is 182 g/mol. The highest BCUT2D eigenvalue weighted by Gasteiger charge is 2.45. The minimum atomic E-state index is -0.200. The highest BCUT2D eigenvalue weighted by atomic mass is 32.2. The van der Waals surface area contributed by atoms with E-state index in [9.17, 15) is 5.11 Å². The molecule has 1 heterocycles. The molecule has 1 fully saturated rings. The molecule has 2 aliphatic rings. The van der Waals surface area contributed by atoms with E-state index in [1.807, 2.05) is 0 Å². The molecule has 1 saturated heterocycles. The molecule has 1 aliphatic carbocycles. The van der Waals surface area contributed by atoms with Crippen molar-refractivity contribution in [1.82, 2.24) is 0 Å². The number of hydrogen-bond acceptors (Lipinski definition) is 2. The minimum absolute atomic E-state index is 0.0411. The summed E-state index contributed by atoms with van der Waals surface area (Å²) >= 11 is 1.68. The van der Waals surface area contributed by atoms with Crippen molar-refractivity contribution in [3.63, 3.8) is 0 Å². The van der Waals surface area contributed by atoms with Crippen LogP contribution in [0.4, 0.5) is 0 Å². The molecular weight excluding hydrogens is 168 g/mol. The van der Waals surface area contributed by atoms with E-state index in [0.29, 0.717) is 5.92 Å². The van der Waals surface area contributed by atoms with Crippen LogP contribution in [-0.4, -0.2) is 16.3 Å². The van der Waals surface area contributed by atoms with Crippen molar-refractivity contribution in [2.75, 3.05) is 5.75 Å². The Morgan fingerprint density at radius 3 is 2.83 bits per heavy atom. The van der Waals surface area contributed by atoms with E-state index in [-0.39, 0.29) is 10.9 Å². The van der Waals surface area contributed by atoms with Crippen molar-refractivity contribution in [3.8, 4) is 0 Å². The van der Waals surface area contributed by atoms with Crippen LogP contribution in [0.15, 0.2) is 24.3 Å². The maximum Gasteiger partial charge on any atom is 0.109 e. The Labute approximate surface area is 77.6 Å². The fraction of sp³-hybridized carbons (Fsp3) is 0.600. The molecule has 1 spiro atoms. The number of hydrogen-bond donors (Lipinski definition) is 1. The van der Waals surface area contributed by atoms with Crippen LogP contribution in [0.3, 0.4) is 0 Å². The van der Waals surface area contributed by atoms with Gasteiger partial charge in [0.1, 0.15) is 5.44 Å². The van der Waals surface area contributed by atoms with Gasteiger partial charge in [-0.1, -0.05) is 31.2 Å². The largest absolute Gasteiger partial charge is 0.382 e. The lowest BCUT2D eigenvalue weighted by atomic mass is 9.73. The van der Waals surface area contributed by atoms with Gasteiger partial charge in [0.2, 0.25) is 0 Å². The number of aliphatic hydroxyl groups excluding tert-OH is 1. The van der Waals surface area contributed by atoms with Crippen LogP contribution >= 0.6 is 11.8 Å². The maximum atomic E-state index is 9.85. The maximum absolute atomic E-state index is 9.85. The number of rotatable bonds is 0. The Morgan fingerprint density at radius 2 is 2.33 bits per heavy atom. The van der Waals surface area contributed by atoms with Crippen molar-refractivity contribution in [2.45, 2.75) is 18.8 Å². The molecule has 1 N–H and O–H groups in total. The molecule has 0 aromatic heterocycles. The van der Waals surface area contributed by atoms with Crippen LogP contribution in [0, 0.1) is 11.3 Å². The molecule has 0 amide bonds. The summed E-state index contributed by atoms with van der Waals surface area (Å²) in [6.07, 6.45) is 9.47. The average Bonchev–Trinajstić information content (AvgIpc) is 2.36. The van der Waals surface area contributed by atoms with Crippen molar-refractivity contribution >= 4 is 11.8 Å². The first-order valence-electron chi connectivity index (χ1n) is 4.40. The molecule has 0 radical (unpaired) electrons. The second-order valence-electron chi connectivity index (χ2n) is 3.69. The minimum Gasteiger partial charge on any atom is -0.382 e. The standard InChI is InChI=1S/C10H14OS/c1-8-7-12-9(11)10(8)5-3-2-4-6-10/h2-5,8-9,11H,6-7H2,1H3. The summed E-state index contributed by atoms with van der Waals surface area (Å²) in [7, 11) is 0. The third kappa shape index (κ3) is 1.05. The molecule has 2 rings (SSSR count). The second-order valence-corrected chi connectivity index (χ2v) is 4.80. The Morgan fingerprint density at radius 1 is 1.50 bits per heavy atom. The molecule has 3 atom stereocenters. The Kier molecular flexibility index (Phi) is 2.05. The van der Waals surface area contributed by atoms with E-state index in [1.54, 1.807) is 11.8 Å². The van der Waals surface area contributed by atoms with Gasteiger partial charge in [-0.2, -0.15) is 0 Å². The van der Waals surface area contributed by atoms with Gasteiger partial charge in [0.15, 0.2) is 0 Å². The molecular formula is C10H14OS. The molecule has 0 aromatic carbocycles. The topological polar surface area (TPSA) is 20.2 Å². The van der Waals surface area contributed by atoms with Gasteiger partial charge >= 0.3 is 0 Å². The molecule has 1 nitrogen and oxygen atoms in total. The van der Waals surface area contributed by atoms with E-state index in [0.717, 1.165) is 12.2 Å². The van der Waals surface area contributed by atoms with E-state index in [4.69, 9.17) is 0 Å². The summed E-state index contributed by atoms with van der Waals surface area (Å²) < 4.78 is 0. The van der Waals surface area contributed by atoms with Crippen LogP contribution in [0.1, 0.15) is 13.3 Å². The number of thioether (sulfide) groups is 1. The summed E-state index contributed by atoms with van der Waals surface area (Å²) in [6, 6.07) is 0. The smallest absolute Gasteiger partial charge is 0.109 e. The van der Waals surface area contributed by atoms with Crippen LogP contribution in [0.2, 0.25) is 0 Å². The lowest BCUT2D eigenvalue weighted by Crippen LogP contribution is -2.32. The molecule has 0 saturated carbocycles. The normalized spacial score (nSPS) is 45.8. The predicted octanol–water partition coefficient (Wildman–Crippen LogP) is 2.19. The summed E-state index contributed by atoms with van der Waals surface area (Å²) in [6.45, 7) is 2.23. The fourth-order valence-electron chi connectivity index (χ4n) is 1.99. The first-order valence-corrected chi connectivity index (χ1v) is 5.44. The van der Waals surface area contributed by atoms with Crippen molar-refractivity contribution in [3.05, 3.63) is 24.3 Å². The number of allylic oxidation sites excluding steroid dienone is 3. The van der Waals surface area contributed by atoms with Gasteiger partial charge in [-0.25, -0.2) is 0 Å². The third-order valence-corrected chi connectivity index (χ3v) is 4.45. The Bertz CT molecular complexity index is 222. The molecule has 66 valence electrons. The van der Waals surface area contributed by atoms with Crippen LogP contribution in [0.5, 0.6) is 0 Å². The molecule has 0 bridgehead atoms. The van der Waals surface area contributed by atoms with Crippen molar-refractivity contribution in [1.29, 1.82) is 0 Å². The Balaban J connectivity index is 2.28. The molecule has 1 aliphatic heterocycles. The molecule has 0 aromatic rings. The van der Waals surface area contributed by atoms with E-state index in [1.165, 1.54) is 0 Å². The predicted molar refractivity (Wildman–Crippen MR) is 53.0 cm³/mol. The van der Waals surface area contributed by atoms with Gasteiger partial charge in [-0.15, -0.1) is 11.8 Å². The summed E-state index contributed by atoms with van der Waals surface area (Å²) in [5.74, 6) is 1.68. The molecule has 3 unspecified atom stereocenters. The van der Waals surface area contributed by atoms with Gasteiger partial charge in [-0.05, 0) is 18.1 Å². The summed E-state index contributed by atoms with van der Waals surface area (Å²) in [5.41, 5.74) is -0.159. The quantitative estimate of drug-likeness (QED) is 0.619. The van der Waals surface area contributed by atoms with Gasteiger partial charge in [0, 0.05) is 5.41 Å². The molecule has 2 heteroatoms. The SMILES string of the molecule is CC1CSC(O)C12C=CC=CC2. The zero-order valence-electron chi connectivity index (χ0n) is 7.23. The zero-order chi connectivity index (χ0) is 8.60. The van der Waals surface area contributed by atoms with Gasteiger partial charge in [0.05, 0.1) is 0 Å². The fourth-order valence-corrected chi connectivity index (χ4v) is 3.49. The van der Waals surface area contributed by atoms with Crippen molar-refractivity contribution < 1.29 is 5.11 Å². The monoisotopic (exact) mass is 182 g/mol. The molecule has 12 heavy (non-hydrogen) atoms. The van der Waals surface area contributed by atoms with Crippen LogP contribution < -0.4 is 0 Å². The first kappa shape index (κ1) is 8.39. The van der Waals surface area contributed by atoms with Crippen LogP contribution in [0.25, 0.3) is 0 Å². The zero-order valence-corrected chi connectivity index (χ0v) is 8.05. The third-order valence-electron chi connectivity index (χ3n) is 3.01.